The molecule has 2 nitrogen and oxygen atoms in total. The van der Waals surface area contributed by atoms with Crippen molar-refractivity contribution in [1.82, 2.24) is 0 Å². The molecule has 1 unspecified atom stereocenters. The first-order valence-electron chi connectivity index (χ1n) is 4.79. The molecule has 1 aromatic rings. The molecular formula is C11H17O2P. The Morgan fingerprint density at radius 3 is 2.64 bits per heavy atom. The predicted molar refractivity (Wildman–Crippen MR) is 60.9 cm³/mol. The van der Waals surface area contributed by atoms with Crippen LogP contribution < -0.4 is 4.52 Å². The van der Waals surface area contributed by atoms with Gasteiger partial charge in [0.15, 0.2) is 0 Å². The van der Waals surface area contributed by atoms with E-state index in [0.29, 0.717) is 5.92 Å². The molecule has 78 valence electrons. The van der Waals surface area contributed by atoms with Crippen molar-refractivity contribution in [2.45, 2.75) is 20.8 Å². The first kappa shape index (κ1) is 11.5. The molecule has 0 aliphatic carbocycles. The van der Waals surface area contributed by atoms with Gasteiger partial charge in [0.2, 0.25) is 9.03 Å². The highest BCUT2D eigenvalue weighted by molar-refractivity contribution is 7.26. The van der Waals surface area contributed by atoms with Gasteiger partial charge in [0.1, 0.15) is 5.75 Å². The van der Waals surface area contributed by atoms with Crippen LogP contribution in [0.3, 0.4) is 0 Å². The predicted octanol–water partition coefficient (Wildman–Crippen LogP) is 3.55. The second-order valence-corrected chi connectivity index (χ2v) is 4.32. The average Bonchev–Trinajstić information content (AvgIpc) is 2.15. The van der Waals surface area contributed by atoms with Crippen LogP contribution in [0.5, 0.6) is 5.75 Å². The molecule has 1 aromatic carbocycles. The van der Waals surface area contributed by atoms with Gasteiger partial charge in [0, 0.05) is 0 Å². The quantitative estimate of drug-likeness (QED) is 0.549. The van der Waals surface area contributed by atoms with Crippen LogP contribution in [0, 0.1) is 12.8 Å². The summed E-state index contributed by atoms with van der Waals surface area (Å²) in [6.07, 6.45) is 0. The average molecular weight is 212 g/mol. The van der Waals surface area contributed by atoms with Crippen molar-refractivity contribution in [2.24, 2.45) is 5.92 Å². The van der Waals surface area contributed by atoms with Gasteiger partial charge in [0.25, 0.3) is 0 Å². The van der Waals surface area contributed by atoms with Crippen LogP contribution in [0.1, 0.15) is 19.4 Å². The highest BCUT2D eigenvalue weighted by Gasteiger charge is 1.98. The highest BCUT2D eigenvalue weighted by atomic mass is 31.1. The third kappa shape index (κ3) is 4.08. The second-order valence-electron chi connectivity index (χ2n) is 3.66. The molecule has 1 rings (SSSR count). The molecule has 0 bridgehead atoms. The van der Waals surface area contributed by atoms with Crippen molar-refractivity contribution in [1.29, 1.82) is 0 Å². The van der Waals surface area contributed by atoms with E-state index in [4.69, 9.17) is 9.05 Å². The first-order valence-corrected chi connectivity index (χ1v) is 5.61. The summed E-state index contributed by atoms with van der Waals surface area (Å²) >= 11 is 0. The maximum absolute atomic E-state index is 5.49. The van der Waals surface area contributed by atoms with Crippen LogP contribution >= 0.6 is 9.03 Å². The fraction of sp³-hybridized carbons (Fsp3) is 0.455. The van der Waals surface area contributed by atoms with Gasteiger partial charge in [-0.05, 0) is 24.5 Å². The molecule has 0 spiro atoms. The largest absolute Gasteiger partial charge is 0.449 e. The molecule has 0 saturated heterocycles. The molecule has 1 atom stereocenters. The van der Waals surface area contributed by atoms with Gasteiger partial charge >= 0.3 is 0 Å². The topological polar surface area (TPSA) is 18.5 Å². The summed E-state index contributed by atoms with van der Waals surface area (Å²) in [5.74, 6) is 1.47. The van der Waals surface area contributed by atoms with Gasteiger partial charge < -0.3 is 9.05 Å². The van der Waals surface area contributed by atoms with Crippen LogP contribution in [0.15, 0.2) is 24.3 Å². The van der Waals surface area contributed by atoms with Gasteiger partial charge in [-0.3, -0.25) is 0 Å². The summed E-state index contributed by atoms with van der Waals surface area (Å²) in [7, 11) is 0.0988. The first-order chi connectivity index (χ1) is 6.70. The van der Waals surface area contributed by atoms with E-state index in [2.05, 4.69) is 13.8 Å². The summed E-state index contributed by atoms with van der Waals surface area (Å²) in [5, 5.41) is 0. The molecule has 0 aliphatic heterocycles. The molecular weight excluding hydrogens is 195 g/mol. The maximum atomic E-state index is 5.49. The minimum atomic E-state index is 0.0988. The number of hydrogen-bond acceptors (Lipinski definition) is 2. The lowest BCUT2D eigenvalue weighted by Crippen LogP contribution is -1.96. The Kier molecular flexibility index (Phi) is 4.92. The Labute approximate surface area is 87.6 Å². The fourth-order valence-electron chi connectivity index (χ4n) is 0.946. The molecule has 0 aliphatic rings. The Balaban J connectivity index is 2.28. The third-order valence-corrected chi connectivity index (χ3v) is 2.31. The number of aryl methyl sites for hydroxylation is 1. The molecule has 0 radical (unpaired) electrons. The van der Waals surface area contributed by atoms with Crippen molar-refractivity contribution in [3.05, 3.63) is 29.8 Å². The Morgan fingerprint density at radius 1 is 1.29 bits per heavy atom. The van der Waals surface area contributed by atoms with E-state index < -0.39 is 0 Å². The number of hydrogen-bond donors (Lipinski definition) is 0. The van der Waals surface area contributed by atoms with Gasteiger partial charge in [-0.15, -0.1) is 0 Å². The molecule has 0 aromatic heterocycles. The zero-order chi connectivity index (χ0) is 10.4. The van der Waals surface area contributed by atoms with E-state index in [1.54, 1.807) is 0 Å². The zero-order valence-corrected chi connectivity index (χ0v) is 9.91. The van der Waals surface area contributed by atoms with Gasteiger partial charge in [0.05, 0.1) is 6.61 Å². The Morgan fingerprint density at radius 2 is 2.00 bits per heavy atom. The van der Waals surface area contributed by atoms with Gasteiger partial charge in [-0.2, -0.15) is 0 Å². The maximum Gasteiger partial charge on any atom is 0.215 e. The minimum absolute atomic E-state index is 0.0988. The number of rotatable bonds is 5. The molecule has 0 saturated carbocycles. The van der Waals surface area contributed by atoms with Crippen molar-refractivity contribution >= 4 is 9.03 Å². The molecule has 0 N–H and O–H groups in total. The number of para-hydroxylation sites is 1. The van der Waals surface area contributed by atoms with Crippen molar-refractivity contribution < 1.29 is 9.05 Å². The van der Waals surface area contributed by atoms with E-state index in [-0.39, 0.29) is 9.03 Å². The fourth-order valence-corrected chi connectivity index (χ4v) is 1.73. The smallest absolute Gasteiger partial charge is 0.215 e. The van der Waals surface area contributed by atoms with E-state index in [0.717, 1.165) is 17.9 Å². The molecule has 3 heteroatoms. The molecule has 14 heavy (non-hydrogen) atoms. The van der Waals surface area contributed by atoms with E-state index >= 15 is 0 Å². The van der Waals surface area contributed by atoms with E-state index in [9.17, 15) is 0 Å². The highest BCUT2D eigenvalue weighted by Crippen LogP contribution is 2.25. The van der Waals surface area contributed by atoms with E-state index in [1.807, 2.05) is 31.2 Å². The number of benzene rings is 1. The van der Waals surface area contributed by atoms with Crippen LogP contribution in [-0.2, 0) is 4.52 Å². The van der Waals surface area contributed by atoms with Crippen LogP contribution in [-0.4, -0.2) is 6.61 Å². The second kappa shape index (κ2) is 6.00. The minimum Gasteiger partial charge on any atom is -0.449 e. The van der Waals surface area contributed by atoms with Gasteiger partial charge in [-0.25, -0.2) is 0 Å². The van der Waals surface area contributed by atoms with Crippen molar-refractivity contribution in [2.75, 3.05) is 6.61 Å². The standard InChI is InChI=1S/C11H17O2P/c1-9(2)8-12-14-13-11-7-5-4-6-10(11)3/h4-7,9,14H,8H2,1-3H3. The van der Waals surface area contributed by atoms with Gasteiger partial charge in [-0.1, -0.05) is 32.0 Å². The molecule has 0 fully saturated rings. The Hall–Kier alpha value is -0.590. The summed E-state index contributed by atoms with van der Waals surface area (Å²) in [6, 6.07) is 7.96. The summed E-state index contributed by atoms with van der Waals surface area (Å²) < 4.78 is 10.9. The molecule has 0 amide bonds. The lowest BCUT2D eigenvalue weighted by atomic mass is 10.2. The van der Waals surface area contributed by atoms with Crippen molar-refractivity contribution in [3.63, 3.8) is 0 Å². The summed E-state index contributed by atoms with van der Waals surface area (Å²) in [5.41, 5.74) is 1.15. The normalized spacial score (nSPS) is 11.4. The molecule has 0 heterocycles. The lowest BCUT2D eigenvalue weighted by molar-refractivity contribution is 0.283. The third-order valence-electron chi connectivity index (χ3n) is 1.72. The van der Waals surface area contributed by atoms with Crippen LogP contribution in [0.4, 0.5) is 0 Å². The lowest BCUT2D eigenvalue weighted by Gasteiger charge is -2.09. The zero-order valence-electron chi connectivity index (χ0n) is 8.91. The van der Waals surface area contributed by atoms with Crippen molar-refractivity contribution in [3.8, 4) is 5.75 Å². The van der Waals surface area contributed by atoms with E-state index in [1.165, 1.54) is 0 Å². The monoisotopic (exact) mass is 212 g/mol. The summed E-state index contributed by atoms with van der Waals surface area (Å²) in [4.78, 5) is 0. The van der Waals surface area contributed by atoms with Crippen LogP contribution in [0.25, 0.3) is 0 Å². The Bertz CT molecular complexity index is 274. The van der Waals surface area contributed by atoms with Crippen LogP contribution in [0.2, 0.25) is 0 Å². The SMILES string of the molecule is Cc1ccccc1OPOCC(C)C. The summed E-state index contributed by atoms with van der Waals surface area (Å²) in [6.45, 7) is 7.03.